The SMILES string of the molecule is CN(C)/C(=N\C1=C(C#N)C(c2ccccc2)C(C#N)=C(/N=C(\N(C)C)N2CCCCC2)S1)N1CCCCC1. The third kappa shape index (κ3) is 6.16. The summed E-state index contributed by atoms with van der Waals surface area (Å²) in [4.78, 5) is 18.9. The maximum atomic E-state index is 10.4. The Morgan fingerprint density at radius 3 is 1.53 bits per heavy atom. The van der Waals surface area contributed by atoms with E-state index in [2.05, 4.69) is 21.9 Å². The van der Waals surface area contributed by atoms with Crippen LogP contribution < -0.4 is 0 Å². The lowest BCUT2D eigenvalue weighted by Gasteiger charge is -2.34. The molecule has 0 spiro atoms. The number of nitrogens with zero attached hydrogens (tertiary/aromatic N) is 8. The Morgan fingerprint density at radius 1 is 0.737 bits per heavy atom. The van der Waals surface area contributed by atoms with E-state index in [1.807, 2.05) is 68.3 Å². The predicted octanol–water partition coefficient (Wildman–Crippen LogP) is 4.79. The van der Waals surface area contributed by atoms with Gasteiger partial charge in [-0.15, -0.1) is 0 Å². The van der Waals surface area contributed by atoms with Gasteiger partial charge in [0.2, 0.25) is 11.9 Å². The summed E-state index contributed by atoms with van der Waals surface area (Å²) in [7, 11) is 7.99. The summed E-state index contributed by atoms with van der Waals surface area (Å²) in [5.41, 5.74) is 1.89. The zero-order valence-electron chi connectivity index (χ0n) is 23.0. The van der Waals surface area contributed by atoms with Gasteiger partial charge in [0.25, 0.3) is 0 Å². The number of thioether (sulfide) groups is 1. The number of hydrogen-bond donors (Lipinski definition) is 0. The Kier molecular flexibility index (Phi) is 9.36. The highest BCUT2D eigenvalue weighted by atomic mass is 32.2. The highest BCUT2D eigenvalue weighted by Gasteiger charge is 2.34. The van der Waals surface area contributed by atoms with E-state index >= 15 is 0 Å². The van der Waals surface area contributed by atoms with Crippen LogP contribution in [0.15, 0.2) is 61.5 Å². The fourth-order valence-corrected chi connectivity index (χ4v) is 6.22. The minimum Gasteiger partial charge on any atom is -0.349 e. The molecule has 0 saturated carbocycles. The van der Waals surface area contributed by atoms with E-state index < -0.39 is 5.92 Å². The molecule has 0 unspecified atom stereocenters. The van der Waals surface area contributed by atoms with Gasteiger partial charge in [-0.25, -0.2) is 9.98 Å². The van der Waals surface area contributed by atoms with Crippen LogP contribution in [-0.4, -0.2) is 85.9 Å². The molecule has 2 fully saturated rings. The molecule has 0 N–H and O–H groups in total. The van der Waals surface area contributed by atoms with Crippen LogP contribution in [0.1, 0.15) is 50.0 Å². The summed E-state index contributed by atoms with van der Waals surface area (Å²) < 4.78 is 0. The highest BCUT2D eigenvalue weighted by Crippen LogP contribution is 2.47. The maximum Gasteiger partial charge on any atom is 0.201 e. The molecule has 1 aromatic rings. The monoisotopic (exact) mass is 530 g/mol. The van der Waals surface area contributed by atoms with Crippen molar-refractivity contribution in [1.82, 2.24) is 19.6 Å². The van der Waals surface area contributed by atoms with Crippen LogP contribution in [-0.2, 0) is 0 Å². The van der Waals surface area contributed by atoms with E-state index in [0.717, 1.165) is 69.3 Å². The molecule has 200 valence electrons. The van der Waals surface area contributed by atoms with Crippen molar-refractivity contribution in [1.29, 1.82) is 10.5 Å². The fourth-order valence-electron chi connectivity index (χ4n) is 5.24. The molecule has 0 aliphatic carbocycles. The number of likely N-dealkylation sites (tertiary alicyclic amines) is 2. The molecule has 0 bridgehead atoms. The summed E-state index contributed by atoms with van der Waals surface area (Å²) in [5, 5.41) is 22.1. The minimum atomic E-state index is -0.514. The van der Waals surface area contributed by atoms with Gasteiger partial charge >= 0.3 is 0 Å². The van der Waals surface area contributed by atoms with E-state index in [9.17, 15) is 10.5 Å². The fraction of sp³-hybridized carbons (Fsp3) is 0.517. The van der Waals surface area contributed by atoms with Crippen LogP contribution >= 0.6 is 11.8 Å². The number of guanidine groups is 2. The summed E-state index contributed by atoms with van der Waals surface area (Å²) >= 11 is 1.35. The molecule has 0 amide bonds. The molecule has 38 heavy (non-hydrogen) atoms. The van der Waals surface area contributed by atoms with Crippen LogP contribution in [0, 0.1) is 22.7 Å². The second-order valence-corrected chi connectivity index (χ2v) is 11.3. The van der Waals surface area contributed by atoms with Gasteiger partial charge in [-0.1, -0.05) is 30.3 Å². The average molecular weight is 531 g/mol. The van der Waals surface area contributed by atoms with E-state index in [1.54, 1.807) is 0 Å². The van der Waals surface area contributed by atoms with Crippen LogP contribution in [0.2, 0.25) is 0 Å². The molecular formula is C29H38N8S. The smallest absolute Gasteiger partial charge is 0.201 e. The topological polar surface area (TPSA) is 85.3 Å². The molecule has 3 aliphatic heterocycles. The van der Waals surface area contributed by atoms with Crippen molar-refractivity contribution in [3.8, 4) is 12.1 Å². The highest BCUT2D eigenvalue weighted by molar-refractivity contribution is 8.06. The molecule has 3 heterocycles. The van der Waals surface area contributed by atoms with Crippen molar-refractivity contribution in [3.63, 3.8) is 0 Å². The summed E-state index contributed by atoms with van der Waals surface area (Å²) in [5.74, 6) is 1.18. The first-order chi connectivity index (χ1) is 18.4. The standard InChI is InChI=1S/C29H38N8S/c1-34(2)28(36-16-10-6-11-17-36)32-26-23(20-30)25(22-14-8-5-9-15-22)24(21-31)27(38-26)33-29(35(3)4)37-18-12-7-13-19-37/h5,8-9,14-15,25H,6-7,10-13,16-19H2,1-4H3/b32-28+,33-29+. The molecular weight excluding hydrogens is 492 g/mol. The average Bonchev–Trinajstić information content (AvgIpc) is 2.95. The van der Waals surface area contributed by atoms with Gasteiger partial charge in [-0.2, -0.15) is 10.5 Å². The largest absolute Gasteiger partial charge is 0.349 e. The van der Waals surface area contributed by atoms with Gasteiger partial charge < -0.3 is 19.6 Å². The van der Waals surface area contributed by atoms with Gasteiger partial charge in [0, 0.05) is 54.4 Å². The van der Waals surface area contributed by atoms with Crippen LogP contribution in [0.4, 0.5) is 0 Å². The van der Waals surface area contributed by atoms with E-state index in [4.69, 9.17) is 9.98 Å². The number of nitriles is 2. The zero-order valence-corrected chi connectivity index (χ0v) is 23.8. The van der Waals surface area contributed by atoms with Crippen LogP contribution in [0.5, 0.6) is 0 Å². The molecule has 8 nitrogen and oxygen atoms in total. The Labute approximate surface area is 231 Å². The number of rotatable bonds is 3. The Morgan fingerprint density at radius 2 is 1.16 bits per heavy atom. The van der Waals surface area contributed by atoms with Crippen molar-refractivity contribution in [3.05, 3.63) is 57.1 Å². The first-order valence-corrected chi connectivity index (χ1v) is 14.3. The van der Waals surface area contributed by atoms with Gasteiger partial charge in [0.05, 0.1) is 29.2 Å². The third-order valence-corrected chi connectivity index (χ3v) is 8.10. The number of benzene rings is 1. The van der Waals surface area contributed by atoms with Crippen molar-refractivity contribution < 1.29 is 0 Å². The van der Waals surface area contributed by atoms with Crippen molar-refractivity contribution in [2.45, 2.75) is 44.4 Å². The van der Waals surface area contributed by atoms with Gasteiger partial charge in [0.1, 0.15) is 10.1 Å². The zero-order chi connectivity index (χ0) is 27.1. The minimum absolute atomic E-state index is 0.498. The predicted molar refractivity (Wildman–Crippen MR) is 155 cm³/mol. The summed E-state index contributed by atoms with van der Waals surface area (Å²) in [6, 6.07) is 14.7. The van der Waals surface area contributed by atoms with Gasteiger partial charge in [0.15, 0.2) is 0 Å². The van der Waals surface area contributed by atoms with Crippen molar-refractivity contribution in [2.75, 3.05) is 54.4 Å². The Balaban J connectivity index is 1.88. The molecule has 2 saturated heterocycles. The van der Waals surface area contributed by atoms with Crippen LogP contribution in [0.3, 0.4) is 0 Å². The molecule has 0 aromatic heterocycles. The lowest BCUT2D eigenvalue weighted by atomic mass is 9.86. The number of piperidine rings is 2. The molecule has 3 aliphatic rings. The lowest BCUT2D eigenvalue weighted by Crippen LogP contribution is -2.43. The normalized spacial score (nSPS) is 19.8. The molecule has 9 heteroatoms. The van der Waals surface area contributed by atoms with E-state index in [1.165, 1.54) is 24.6 Å². The Bertz CT molecular complexity index is 1110. The second kappa shape index (κ2) is 12.9. The molecule has 0 atom stereocenters. The first-order valence-electron chi connectivity index (χ1n) is 13.5. The van der Waals surface area contributed by atoms with Gasteiger partial charge in [-0.3, -0.25) is 0 Å². The first kappa shape index (κ1) is 27.6. The number of hydrogen-bond acceptors (Lipinski definition) is 5. The quantitative estimate of drug-likeness (QED) is 0.410. The summed E-state index contributed by atoms with van der Waals surface area (Å²) in [6.07, 6.45) is 6.98. The third-order valence-electron chi connectivity index (χ3n) is 7.09. The maximum absolute atomic E-state index is 10.4. The number of allylic oxidation sites excluding steroid dienone is 2. The van der Waals surface area contributed by atoms with E-state index in [-0.39, 0.29) is 0 Å². The molecule has 4 rings (SSSR count). The van der Waals surface area contributed by atoms with Crippen molar-refractivity contribution in [2.24, 2.45) is 9.98 Å². The van der Waals surface area contributed by atoms with E-state index in [0.29, 0.717) is 21.2 Å². The molecule has 1 aromatic carbocycles. The van der Waals surface area contributed by atoms with Crippen LogP contribution in [0.25, 0.3) is 0 Å². The molecule has 0 radical (unpaired) electrons. The Hall–Kier alpha value is -3.43. The second-order valence-electron chi connectivity index (χ2n) is 10.3. The van der Waals surface area contributed by atoms with Crippen molar-refractivity contribution >= 4 is 23.7 Å². The lowest BCUT2D eigenvalue weighted by molar-refractivity contribution is 0.309. The summed E-state index contributed by atoms with van der Waals surface area (Å²) in [6.45, 7) is 3.79. The van der Waals surface area contributed by atoms with Gasteiger partial charge in [-0.05, 0) is 55.9 Å². The number of aliphatic imine (C=N–C) groups is 2.